The number of amides is 1. The average Bonchev–Trinajstić information content (AvgIpc) is 2.58. The minimum atomic E-state index is -4.56. The SMILES string of the molecule is O=C(COc1ccccc1C(F)(F)F)N1CCCc2cc(F)ccc21. The van der Waals surface area contributed by atoms with Crippen LogP contribution in [-0.4, -0.2) is 19.1 Å². The molecule has 7 heteroatoms. The number of carbonyl (C=O) groups excluding carboxylic acids is 1. The molecule has 0 radical (unpaired) electrons. The highest BCUT2D eigenvalue weighted by molar-refractivity contribution is 5.95. The average molecular weight is 353 g/mol. The molecule has 0 aliphatic carbocycles. The number of hydrogen-bond acceptors (Lipinski definition) is 2. The molecule has 3 rings (SSSR count). The lowest BCUT2D eigenvalue weighted by molar-refractivity contribution is -0.139. The Morgan fingerprint density at radius 2 is 1.92 bits per heavy atom. The monoisotopic (exact) mass is 353 g/mol. The Kier molecular flexibility index (Phi) is 4.65. The number of aryl methyl sites for hydroxylation is 1. The van der Waals surface area contributed by atoms with Crippen molar-refractivity contribution in [2.24, 2.45) is 0 Å². The third-order valence-electron chi connectivity index (χ3n) is 4.00. The summed E-state index contributed by atoms with van der Waals surface area (Å²) in [5.74, 6) is -1.24. The van der Waals surface area contributed by atoms with Crippen molar-refractivity contribution in [2.75, 3.05) is 18.1 Å². The molecule has 1 aliphatic rings. The molecule has 0 saturated heterocycles. The largest absolute Gasteiger partial charge is 0.483 e. The molecule has 1 heterocycles. The lowest BCUT2D eigenvalue weighted by Crippen LogP contribution is -2.38. The van der Waals surface area contributed by atoms with E-state index in [9.17, 15) is 22.4 Å². The van der Waals surface area contributed by atoms with Crippen LogP contribution in [0.4, 0.5) is 23.2 Å². The molecule has 0 aromatic heterocycles. The normalized spacial score (nSPS) is 14.2. The van der Waals surface area contributed by atoms with Crippen LogP contribution in [0.25, 0.3) is 0 Å². The number of halogens is 4. The van der Waals surface area contributed by atoms with Gasteiger partial charge in [-0.2, -0.15) is 13.2 Å². The van der Waals surface area contributed by atoms with E-state index in [0.29, 0.717) is 30.6 Å². The highest BCUT2D eigenvalue weighted by Crippen LogP contribution is 2.36. The van der Waals surface area contributed by atoms with Crippen LogP contribution in [0, 0.1) is 5.82 Å². The van der Waals surface area contributed by atoms with Gasteiger partial charge in [0.25, 0.3) is 5.91 Å². The van der Waals surface area contributed by atoms with Gasteiger partial charge in [-0.25, -0.2) is 4.39 Å². The molecule has 2 aromatic carbocycles. The highest BCUT2D eigenvalue weighted by Gasteiger charge is 2.34. The highest BCUT2D eigenvalue weighted by atomic mass is 19.4. The molecule has 25 heavy (non-hydrogen) atoms. The predicted octanol–water partition coefficient (Wildman–Crippen LogP) is 4.20. The molecule has 0 saturated carbocycles. The van der Waals surface area contributed by atoms with Gasteiger partial charge in [0, 0.05) is 12.2 Å². The standard InChI is InChI=1S/C18H15F4NO2/c19-13-7-8-15-12(10-13)4-3-9-23(15)17(24)11-25-16-6-2-1-5-14(16)18(20,21)22/h1-2,5-8,10H,3-4,9,11H2. The van der Waals surface area contributed by atoms with E-state index in [0.717, 1.165) is 6.07 Å². The molecule has 0 atom stereocenters. The van der Waals surface area contributed by atoms with Crippen molar-refractivity contribution < 1.29 is 27.1 Å². The van der Waals surface area contributed by atoms with E-state index in [1.807, 2.05) is 0 Å². The maximum Gasteiger partial charge on any atom is 0.419 e. The van der Waals surface area contributed by atoms with Crippen LogP contribution < -0.4 is 9.64 Å². The molecule has 1 aliphatic heterocycles. The van der Waals surface area contributed by atoms with E-state index in [4.69, 9.17) is 4.74 Å². The quantitative estimate of drug-likeness (QED) is 0.774. The molecule has 1 amide bonds. The molecule has 132 valence electrons. The Bertz CT molecular complexity index is 789. The number of nitrogens with zero attached hydrogens (tertiary/aromatic N) is 1. The van der Waals surface area contributed by atoms with Crippen molar-refractivity contribution in [1.29, 1.82) is 0 Å². The number of hydrogen-bond donors (Lipinski definition) is 0. The van der Waals surface area contributed by atoms with Gasteiger partial charge in [0.2, 0.25) is 0 Å². The first-order valence-electron chi connectivity index (χ1n) is 7.74. The summed E-state index contributed by atoms with van der Waals surface area (Å²) in [5.41, 5.74) is 0.351. The zero-order chi connectivity index (χ0) is 18.0. The predicted molar refractivity (Wildman–Crippen MR) is 84.0 cm³/mol. The molecule has 0 unspecified atom stereocenters. The van der Waals surface area contributed by atoms with Gasteiger partial charge in [0.15, 0.2) is 6.61 Å². The molecule has 2 aromatic rings. The van der Waals surface area contributed by atoms with Gasteiger partial charge in [-0.15, -0.1) is 0 Å². The topological polar surface area (TPSA) is 29.5 Å². The second-order valence-corrected chi connectivity index (χ2v) is 5.70. The van der Waals surface area contributed by atoms with Gasteiger partial charge < -0.3 is 9.64 Å². The van der Waals surface area contributed by atoms with Gasteiger partial charge in [-0.3, -0.25) is 4.79 Å². The van der Waals surface area contributed by atoms with E-state index in [-0.39, 0.29) is 11.6 Å². The molecule has 0 bridgehead atoms. The van der Waals surface area contributed by atoms with E-state index in [1.165, 1.54) is 41.3 Å². The summed E-state index contributed by atoms with van der Waals surface area (Å²) >= 11 is 0. The number of benzene rings is 2. The van der Waals surface area contributed by atoms with Gasteiger partial charge in [-0.05, 0) is 48.7 Å². The minimum absolute atomic E-state index is 0.386. The second-order valence-electron chi connectivity index (χ2n) is 5.70. The molecular weight excluding hydrogens is 338 g/mol. The number of para-hydroxylation sites is 1. The Labute approximate surface area is 141 Å². The maximum atomic E-state index is 13.3. The lowest BCUT2D eigenvalue weighted by Gasteiger charge is -2.29. The van der Waals surface area contributed by atoms with Crippen LogP contribution in [0.3, 0.4) is 0 Å². The minimum Gasteiger partial charge on any atom is -0.483 e. The number of rotatable bonds is 3. The summed E-state index contributed by atoms with van der Waals surface area (Å²) < 4.78 is 57.3. The Morgan fingerprint density at radius 3 is 2.68 bits per heavy atom. The van der Waals surface area contributed by atoms with E-state index < -0.39 is 24.3 Å². The van der Waals surface area contributed by atoms with Gasteiger partial charge in [0.1, 0.15) is 11.6 Å². The Hall–Kier alpha value is -2.57. The number of alkyl halides is 3. The molecule has 3 nitrogen and oxygen atoms in total. The van der Waals surface area contributed by atoms with Crippen molar-refractivity contribution in [2.45, 2.75) is 19.0 Å². The summed E-state index contributed by atoms with van der Waals surface area (Å²) in [6, 6.07) is 8.87. The van der Waals surface area contributed by atoms with Crippen LogP contribution in [0.5, 0.6) is 5.75 Å². The number of carbonyl (C=O) groups is 1. The molecule has 0 spiro atoms. The third kappa shape index (κ3) is 3.75. The summed E-state index contributed by atoms with van der Waals surface area (Å²) in [7, 11) is 0. The first-order chi connectivity index (χ1) is 11.9. The number of anilines is 1. The number of fused-ring (bicyclic) bond motifs is 1. The van der Waals surface area contributed by atoms with Gasteiger partial charge in [0.05, 0.1) is 5.56 Å². The second kappa shape index (κ2) is 6.74. The maximum absolute atomic E-state index is 13.3. The Morgan fingerprint density at radius 1 is 1.16 bits per heavy atom. The first-order valence-corrected chi connectivity index (χ1v) is 7.74. The zero-order valence-electron chi connectivity index (χ0n) is 13.1. The van der Waals surface area contributed by atoms with Gasteiger partial charge in [-0.1, -0.05) is 12.1 Å². The van der Waals surface area contributed by atoms with Crippen LogP contribution >= 0.6 is 0 Å². The fourth-order valence-electron chi connectivity index (χ4n) is 2.87. The van der Waals surface area contributed by atoms with E-state index in [1.54, 1.807) is 0 Å². The van der Waals surface area contributed by atoms with Crippen molar-refractivity contribution in [1.82, 2.24) is 0 Å². The van der Waals surface area contributed by atoms with Crippen molar-refractivity contribution in [3.8, 4) is 5.75 Å². The lowest BCUT2D eigenvalue weighted by atomic mass is 10.0. The molecular formula is C18H15F4NO2. The molecule has 0 N–H and O–H groups in total. The fraction of sp³-hybridized carbons (Fsp3) is 0.278. The summed E-state index contributed by atoms with van der Waals surface area (Å²) in [6.45, 7) is -0.106. The van der Waals surface area contributed by atoms with Crippen molar-refractivity contribution in [3.05, 3.63) is 59.4 Å². The zero-order valence-corrected chi connectivity index (χ0v) is 13.1. The van der Waals surface area contributed by atoms with Crippen molar-refractivity contribution >= 4 is 11.6 Å². The Balaban J connectivity index is 1.75. The molecule has 0 fully saturated rings. The third-order valence-corrected chi connectivity index (χ3v) is 4.00. The van der Waals surface area contributed by atoms with Crippen LogP contribution in [0.1, 0.15) is 17.5 Å². The van der Waals surface area contributed by atoms with Gasteiger partial charge >= 0.3 is 6.18 Å². The number of ether oxygens (including phenoxy) is 1. The summed E-state index contributed by atoms with van der Waals surface area (Å²) in [4.78, 5) is 13.8. The van der Waals surface area contributed by atoms with Crippen LogP contribution in [-0.2, 0) is 17.4 Å². The first kappa shape index (κ1) is 17.3. The summed E-state index contributed by atoms with van der Waals surface area (Å²) in [6.07, 6.45) is -3.26. The van der Waals surface area contributed by atoms with Crippen LogP contribution in [0.15, 0.2) is 42.5 Å². The van der Waals surface area contributed by atoms with E-state index >= 15 is 0 Å². The summed E-state index contributed by atoms with van der Waals surface area (Å²) in [5, 5.41) is 0. The van der Waals surface area contributed by atoms with Crippen molar-refractivity contribution in [3.63, 3.8) is 0 Å². The van der Waals surface area contributed by atoms with Crippen LogP contribution in [0.2, 0.25) is 0 Å². The fourth-order valence-corrected chi connectivity index (χ4v) is 2.87. The smallest absolute Gasteiger partial charge is 0.419 e. The van der Waals surface area contributed by atoms with E-state index in [2.05, 4.69) is 0 Å².